The molecule has 1 aromatic rings. The Bertz CT molecular complexity index is 556. The van der Waals surface area contributed by atoms with Gasteiger partial charge in [-0.3, -0.25) is 10.1 Å². The maximum absolute atomic E-state index is 11.9. The van der Waals surface area contributed by atoms with Crippen LogP contribution in [0.4, 0.5) is 16.2 Å². The second-order valence-electron chi connectivity index (χ2n) is 6.23. The Morgan fingerprint density at radius 3 is 2.64 bits per heavy atom. The number of aliphatic hydroxyl groups excluding tert-OH is 1. The van der Waals surface area contributed by atoms with E-state index < -0.39 is 17.1 Å². The van der Waals surface area contributed by atoms with Gasteiger partial charge in [-0.15, -0.1) is 0 Å². The minimum atomic E-state index is -0.482. The van der Waals surface area contributed by atoms with Gasteiger partial charge in [0.2, 0.25) is 0 Å². The summed E-state index contributed by atoms with van der Waals surface area (Å²) in [6.07, 6.45) is 0.113. The highest BCUT2D eigenvalue weighted by molar-refractivity contribution is 5.90. The number of nitrogens with one attached hydrogen (secondary N) is 2. The van der Waals surface area contributed by atoms with E-state index in [1.165, 1.54) is 12.1 Å². The summed E-state index contributed by atoms with van der Waals surface area (Å²) in [4.78, 5) is 22.3. The van der Waals surface area contributed by atoms with Crippen LogP contribution in [0, 0.1) is 22.5 Å². The molecular formula is C15H23N3O4. The van der Waals surface area contributed by atoms with Crippen molar-refractivity contribution < 1.29 is 14.8 Å². The lowest BCUT2D eigenvalue weighted by atomic mass is 9.87. The number of urea groups is 1. The molecule has 0 radical (unpaired) electrons. The normalized spacial score (nSPS) is 12.6. The van der Waals surface area contributed by atoms with E-state index in [4.69, 9.17) is 0 Å². The molecule has 0 aliphatic heterocycles. The molecule has 0 heterocycles. The second-order valence-corrected chi connectivity index (χ2v) is 6.23. The van der Waals surface area contributed by atoms with Crippen LogP contribution in [0.3, 0.4) is 0 Å². The molecule has 1 aromatic carbocycles. The summed E-state index contributed by atoms with van der Waals surface area (Å²) in [6, 6.07) is 4.10. The summed E-state index contributed by atoms with van der Waals surface area (Å²) >= 11 is 0. The van der Waals surface area contributed by atoms with Crippen molar-refractivity contribution in [3.8, 4) is 0 Å². The largest absolute Gasteiger partial charge is 0.393 e. The summed E-state index contributed by atoms with van der Waals surface area (Å²) in [5.74, 6) is 0. The first-order chi connectivity index (χ1) is 10.1. The standard InChI is InChI=1S/C15H23N3O4/c1-10(19)8-15(3,4)9-16-14(20)17-12-6-5-7-13(11(12)2)18(21)22/h5-7,10,19H,8-9H2,1-4H3,(H2,16,17,20). The Hall–Kier alpha value is -2.15. The van der Waals surface area contributed by atoms with Crippen LogP contribution in [-0.2, 0) is 0 Å². The number of hydrogen-bond acceptors (Lipinski definition) is 4. The zero-order valence-corrected chi connectivity index (χ0v) is 13.3. The number of carbonyl (C=O) groups excluding carboxylic acids is 1. The van der Waals surface area contributed by atoms with E-state index in [2.05, 4.69) is 10.6 Å². The van der Waals surface area contributed by atoms with Crippen molar-refractivity contribution in [1.29, 1.82) is 0 Å². The summed E-state index contributed by atoms with van der Waals surface area (Å²) in [5, 5.41) is 25.6. The molecule has 7 heteroatoms. The quantitative estimate of drug-likeness (QED) is 0.555. The lowest BCUT2D eigenvalue weighted by Crippen LogP contribution is -2.38. The SMILES string of the molecule is Cc1c(NC(=O)NCC(C)(C)CC(C)O)cccc1[N+](=O)[O-]. The number of nitrogens with zero attached hydrogens (tertiary/aromatic N) is 1. The first-order valence-corrected chi connectivity index (χ1v) is 7.09. The third-order valence-electron chi connectivity index (χ3n) is 3.33. The maximum Gasteiger partial charge on any atom is 0.319 e. The molecule has 1 rings (SSSR count). The smallest absolute Gasteiger partial charge is 0.319 e. The van der Waals surface area contributed by atoms with Crippen LogP contribution in [0.5, 0.6) is 0 Å². The minimum absolute atomic E-state index is 0.0350. The highest BCUT2D eigenvalue weighted by Gasteiger charge is 2.21. The Kier molecular flexibility index (Phi) is 5.87. The maximum atomic E-state index is 11.9. The van der Waals surface area contributed by atoms with Gasteiger partial charge in [-0.25, -0.2) is 4.79 Å². The fourth-order valence-electron chi connectivity index (χ4n) is 2.31. The average molecular weight is 309 g/mol. The van der Waals surface area contributed by atoms with E-state index in [1.807, 2.05) is 13.8 Å². The molecule has 0 fully saturated rings. The predicted molar refractivity (Wildman–Crippen MR) is 84.9 cm³/mol. The number of carbonyl (C=O) groups is 1. The van der Waals surface area contributed by atoms with Crippen molar-refractivity contribution in [3.63, 3.8) is 0 Å². The second kappa shape index (κ2) is 7.22. The molecule has 0 bridgehead atoms. The van der Waals surface area contributed by atoms with Crippen LogP contribution in [0.15, 0.2) is 18.2 Å². The number of nitro groups is 1. The third-order valence-corrected chi connectivity index (χ3v) is 3.33. The molecule has 122 valence electrons. The van der Waals surface area contributed by atoms with E-state index in [1.54, 1.807) is 19.9 Å². The van der Waals surface area contributed by atoms with Gasteiger partial charge in [0.25, 0.3) is 5.69 Å². The van der Waals surface area contributed by atoms with Crippen LogP contribution >= 0.6 is 0 Å². The van der Waals surface area contributed by atoms with Crippen molar-refractivity contribution in [3.05, 3.63) is 33.9 Å². The van der Waals surface area contributed by atoms with Gasteiger partial charge in [-0.05, 0) is 31.7 Å². The predicted octanol–water partition coefficient (Wildman–Crippen LogP) is 2.82. The lowest BCUT2D eigenvalue weighted by Gasteiger charge is -2.26. The number of rotatable bonds is 6. The van der Waals surface area contributed by atoms with Gasteiger partial charge < -0.3 is 15.7 Å². The topological polar surface area (TPSA) is 104 Å². The molecule has 7 nitrogen and oxygen atoms in total. The number of hydrogen-bond donors (Lipinski definition) is 3. The molecule has 0 saturated carbocycles. The molecule has 1 atom stereocenters. The zero-order valence-electron chi connectivity index (χ0n) is 13.3. The fraction of sp³-hybridized carbons (Fsp3) is 0.533. The Labute approximate surface area is 129 Å². The number of amides is 2. The number of aliphatic hydroxyl groups is 1. The van der Waals surface area contributed by atoms with Crippen molar-refractivity contribution >= 4 is 17.4 Å². The lowest BCUT2D eigenvalue weighted by molar-refractivity contribution is -0.385. The highest BCUT2D eigenvalue weighted by atomic mass is 16.6. The summed E-state index contributed by atoms with van der Waals surface area (Å²) in [5.41, 5.74) is 0.529. The zero-order chi connectivity index (χ0) is 16.9. The van der Waals surface area contributed by atoms with Crippen LogP contribution in [0.1, 0.15) is 32.8 Å². The monoisotopic (exact) mass is 309 g/mol. The van der Waals surface area contributed by atoms with E-state index in [9.17, 15) is 20.0 Å². The Morgan fingerprint density at radius 1 is 1.45 bits per heavy atom. The molecule has 22 heavy (non-hydrogen) atoms. The van der Waals surface area contributed by atoms with E-state index in [0.29, 0.717) is 24.2 Å². The van der Waals surface area contributed by atoms with Crippen LogP contribution in [-0.4, -0.2) is 28.7 Å². The Balaban J connectivity index is 2.67. The minimum Gasteiger partial charge on any atom is -0.393 e. The van der Waals surface area contributed by atoms with Gasteiger partial charge in [0, 0.05) is 12.6 Å². The number of anilines is 1. The van der Waals surface area contributed by atoms with Crippen LogP contribution < -0.4 is 10.6 Å². The van der Waals surface area contributed by atoms with E-state index in [0.717, 1.165) is 0 Å². The number of nitro benzene ring substituents is 1. The first-order valence-electron chi connectivity index (χ1n) is 7.09. The molecule has 3 N–H and O–H groups in total. The molecular weight excluding hydrogens is 286 g/mol. The van der Waals surface area contributed by atoms with Gasteiger partial charge >= 0.3 is 6.03 Å². The molecule has 1 unspecified atom stereocenters. The molecule has 0 saturated heterocycles. The van der Waals surface area contributed by atoms with Crippen LogP contribution in [0.2, 0.25) is 0 Å². The van der Waals surface area contributed by atoms with E-state index in [-0.39, 0.29) is 11.1 Å². The van der Waals surface area contributed by atoms with Crippen molar-refractivity contribution in [2.75, 3.05) is 11.9 Å². The number of benzene rings is 1. The Morgan fingerprint density at radius 2 is 2.09 bits per heavy atom. The van der Waals surface area contributed by atoms with Gasteiger partial charge in [-0.2, -0.15) is 0 Å². The molecule has 0 aliphatic carbocycles. The summed E-state index contributed by atoms with van der Waals surface area (Å²) in [6.45, 7) is 7.56. The molecule has 0 spiro atoms. The van der Waals surface area contributed by atoms with Crippen molar-refractivity contribution in [1.82, 2.24) is 5.32 Å². The van der Waals surface area contributed by atoms with Gasteiger partial charge in [0.1, 0.15) is 0 Å². The molecule has 0 aliphatic rings. The van der Waals surface area contributed by atoms with Gasteiger partial charge in [0.15, 0.2) is 0 Å². The third kappa shape index (κ3) is 5.33. The highest BCUT2D eigenvalue weighted by Crippen LogP contribution is 2.25. The average Bonchev–Trinajstić information content (AvgIpc) is 2.37. The first kappa shape index (κ1) is 17.9. The summed E-state index contributed by atoms with van der Waals surface area (Å²) in [7, 11) is 0. The van der Waals surface area contributed by atoms with Gasteiger partial charge in [0.05, 0.1) is 22.3 Å². The van der Waals surface area contributed by atoms with Crippen molar-refractivity contribution in [2.24, 2.45) is 5.41 Å². The fourth-order valence-corrected chi connectivity index (χ4v) is 2.31. The molecule has 0 aromatic heterocycles. The summed E-state index contributed by atoms with van der Waals surface area (Å²) < 4.78 is 0. The van der Waals surface area contributed by atoms with E-state index >= 15 is 0 Å². The molecule has 2 amide bonds. The van der Waals surface area contributed by atoms with Crippen LogP contribution in [0.25, 0.3) is 0 Å². The van der Waals surface area contributed by atoms with Crippen molar-refractivity contribution in [2.45, 2.75) is 40.2 Å². The van der Waals surface area contributed by atoms with Gasteiger partial charge in [-0.1, -0.05) is 19.9 Å².